The molecule has 1 rings (SSSR count). The molecule has 0 aromatic heterocycles. The first-order valence-electron chi connectivity index (χ1n) is 4.87. The molecule has 0 bridgehead atoms. The van der Waals surface area contributed by atoms with Crippen molar-refractivity contribution in [2.24, 2.45) is 0 Å². The Hall–Kier alpha value is -0.380. The molecule has 1 fully saturated rings. The zero-order valence-corrected chi connectivity index (χ0v) is 8.68. The largest absolute Gasteiger partial charge is 0.376 e. The summed E-state index contributed by atoms with van der Waals surface area (Å²) < 4.78 is 5.46. The van der Waals surface area contributed by atoms with Crippen molar-refractivity contribution in [2.75, 3.05) is 39.8 Å². The minimum Gasteiger partial charge on any atom is -0.376 e. The molecule has 0 aliphatic carbocycles. The standard InChI is InChI=1S/C10H20N2O/c1-9(6-11-3)7-12-4-5-13-10(2)8-12/h10-11H,1,4-8H2,2-3H3. The van der Waals surface area contributed by atoms with E-state index in [1.807, 2.05) is 7.05 Å². The van der Waals surface area contributed by atoms with Gasteiger partial charge in [0, 0.05) is 26.2 Å². The lowest BCUT2D eigenvalue weighted by molar-refractivity contribution is -0.0149. The lowest BCUT2D eigenvalue weighted by atomic mass is 10.2. The topological polar surface area (TPSA) is 24.5 Å². The van der Waals surface area contributed by atoms with Gasteiger partial charge in [0.2, 0.25) is 0 Å². The smallest absolute Gasteiger partial charge is 0.0674 e. The number of rotatable bonds is 4. The summed E-state index contributed by atoms with van der Waals surface area (Å²) in [4.78, 5) is 2.40. The molecule has 76 valence electrons. The maximum Gasteiger partial charge on any atom is 0.0674 e. The van der Waals surface area contributed by atoms with E-state index in [4.69, 9.17) is 4.74 Å². The second-order valence-corrected chi connectivity index (χ2v) is 3.70. The molecule has 1 atom stereocenters. The molecule has 3 nitrogen and oxygen atoms in total. The normalized spacial score (nSPS) is 24.6. The summed E-state index contributed by atoms with van der Waals surface area (Å²) >= 11 is 0. The van der Waals surface area contributed by atoms with Crippen LogP contribution in [0, 0.1) is 0 Å². The van der Waals surface area contributed by atoms with Crippen LogP contribution >= 0.6 is 0 Å². The Balaban J connectivity index is 2.23. The molecule has 1 aliphatic heterocycles. The molecule has 1 N–H and O–H groups in total. The van der Waals surface area contributed by atoms with Crippen LogP contribution in [0.1, 0.15) is 6.92 Å². The van der Waals surface area contributed by atoms with E-state index < -0.39 is 0 Å². The van der Waals surface area contributed by atoms with Gasteiger partial charge in [0.05, 0.1) is 12.7 Å². The van der Waals surface area contributed by atoms with Gasteiger partial charge in [-0.1, -0.05) is 6.58 Å². The monoisotopic (exact) mass is 184 g/mol. The Bertz CT molecular complexity index is 170. The number of ether oxygens (including phenoxy) is 1. The Labute approximate surface area is 80.8 Å². The Morgan fingerprint density at radius 3 is 3.08 bits per heavy atom. The molecular weight excluding hydrogens is 164 g/mol. The highest BCUT2D eigenvalue weighted by atomic mass is 16.5. The zero-order chi connectivity index (χ0) is 9.68. The second kappa shape index (κ2) is 5.37. The predicted octanol–water partition coefficient (Wildman–Crippen LogP) is 0.483. The van der Waals surface area contributed by atoms with E-state index in [1.54, 1.807) is 0 Å². The third kappa shape index (κ3) is 3.89. The molecule has 1 unspecified atom stereocenters. The lowest BCUT2D eigenvalue weighted by Gasteiger charge is -2.31. The van der Waals surface area contributed by atoms with Gasteiger partial charge in [0.15, 0.2) is 0 Å². The number of nitrogens with zero attached hydrogens (tertiary/aromatic N) is 1. The minimum atomic E-state index is 0.371. The summed E-state index contributed by atoms with van der Waals surface area (Å²) in [5, 5.41) is 3.11. The lowest BCUT2D eigenvalue weighted by Crippen LogP contribution is -2.42. The molecule has 0 radical (unpaired) electrons. The Morgan fingerprint density at radius 2 is 2.46 bits per heavy atom. The van der Waals surface area contributed by atoms with Gasteiger partial charge < -0.3 is 10.1 Å². The third-order valence-corrected chi connectivity index (χ3v) is 2.20. The van der Waals surface area contributed by atoms with Gasteiger partial charge in [0.1, 0.15) is 0 Å². The third-order valence-electron chi connectivity index (χ3n) is 2.20. The van der Waals surface area contributed by atoms with Crippen molar-refractivity contribution in [1.29, 1.82) is 0 Å². The average molecular weight is 184 g/mol. The molecule has 1 heterocycles. The van der Waals surface area contributed by atoms with E-state index in [-0.39, 0.29) is 0 Å². The second-order valence-electron chi connectivity index (χ2n) is 3.70. The van der Waals surface area contributed by atoms with Gasteiger partial charge in [0.25, 0.3) is 0 Å². The summed E-state index contributed by atoms with van der Waals surface area (Å²) in [6.45, 7) is 11.0. The number of hydrogen-bond donors (Lipinski definition) is 1. The quantitative estimate of drug-likeness (QED) is 0.643. The van der Waals surface area contributed by atoms with Gasteiger partial charge in [-0.25, -0.2) is 0 Å². The molecule has 13 heavy (non-hydrogen) atoms. The fraction of sp³-hybridized carbons (Fsp3) is 0.800. The predicted molar refractivity (Wildman–Crippen MR) is 54.9 cm³/mol. The van der Waals surface area contributed by atoms with Crippen LogP contribution < -0.4 is 5.32 Å². The van der Waals surface area contributed by atoms with Crippen LogP contribution in [0.3, 0.4) is 0 Å². The molecule has 0 amide bonds. The molecule has 1 saturated heterocycles. The number of morpholine rings is 1. The number of nitrogens with one attached hydrogen (secondary N) is 1. The summed E-state index contributed by atoms with van der Waals surface area (Å²) in [6.07, 6.45) is 0.371. The van der Waals surface area contributed by atoms with Gasteiger partial charge in [-0.2, -0.15) is 0 Å². The molecular formula is C10H20N2O. The van der Waals surface area contributed by atoms with E-state index in [1.165, 1.54) is 5.57 Å². The fourth-order valence-corrected chi connectivity index (χ4v) is 1.66. The van der Waals surface area contributed by atoms with E-state index in [0.29, 0.717) is 6.10 Å². The molecule has 3 heteroatoms. The first-order valence-corrected chi connectivity index (χ1v) is 4.87. The summed E-state index contributed by atoms with van der Waals surface area (Å²) in [5.41, 5.74) is 1.25. The first kappa shape index (κ1) is 10.7. The van der Waals surface area contributed by atoms with Crippen molar-refractivity contribution >= 4 is 0 Å². The summed E-state index contributed by atoms with van der Waals surface area (Å²) in [7, 11) is 1.95. The van der Waals surface area contributed by atoms with Crippen molar-refractivity contribution in [1.82, 2.24) is 10.2 Å². The highest BCUT2D eigenvalue weighted by Crippen LogP contribution is 2.05. The van der Waals surface area contributed by atoms with E-state index in [9.17, 15) is 0 Å². The van der Waals surface area contributed by atoms with Crippen molar-refractivity contribution < 1.29 is 4.74 Å². The highest BCUT2D eigenvalue weighted by molar-refractivity contribution is 4.99. The Kier molecular flexibility index (Phi) is 4.42. The minimum absolute atomic E-state index is 0.371. The van der Waals surface area contributed by atoms with Crippen LogP contribution in [0.4, 0.5) is 0 Å². The van der Waals surface area contributed by atoms with Crippen LogP contribution in [0.15, 0.2) is 12.2 Å². The molecule has 1 aliphatic rings. The van der Waals surface area contributed by atoms with Crippen LogP contribution in [-0.4, -0.2) is 50.8 Å². The van der Waals surface area contributed by atoms with E-state index >= 15 is 0 Å². The first-order chi connectivity index (χ1) is 6.22. The highest BCUT2D eigenvalue weighted by Gasteiger charge is 2.16. The van der Waals surface area contributed by atoms with Crippen LogP contribution in [0.25, 0.3) is 0 Å². The van der Waals surface area contributed by atoms with Crippen LogP contribution in [0.5, 0.6) is 0 Å². The van der Waals surface area contributed by atoms with Gasteiger partial charge >= 0.3 is 0 Å². The fourth-order valence-electron chi connectivity index (χ4n) is 1.66. The van der Waals surface area contributed by atoms with Crippen molar-refractivity contribution in [3.05, 3.63) is 12.2 Å². The number of likely N-dealkylation sites (N-methyl/N-ethyl adjacent to an activating group) is 1. The average Bonchev–Trinajstić information content (AvgIpc) is 2.04. The number of hydrogen-bond acceptors (Lipinski definition) is 3. The van der Waals surface area contributed by atoms with Crippen molar-refractivity contribution in [3.8, 4) is 0 Å². The van der Waals surface area contributed by atoms with Gasteiger partial charge in [-0.15, -0.1) is 0 Å². The van der Waals surface area contributed by atoms with Gasteiger partial charge in [-0.05, 0) is 19.5 Å². The van der Waals surface area contributed by atoms with Crippen molar-refractivity contribution in [3.63, 3.8) is 0 Å². The SMILES string of the molecule is C=C(CNC)CN1CCOC(C)C1. The zero-order valence-electron chi connectivity index (χ0n) is 8.68. The molecule has 0 spiro atoms. The summed E-state index contributed by atoms with van der Waals surface area (Å²) in [6, 6.07) is 0. The molecule has 0 aromatic carbocycles. The van der Waals surface area contributed by atoms with E-state index in [0.717, 1.165) is 32.8 Å². The van der Waals surface area contributed by atoms with Crippen LogP contribution in [-0.2, 0) is 4.74 Å². The Morgan fingerprint density at radius 1 is 1.69 bits per heavy atom. The molecule has 0 aromatic rings. The maximum atomic E-state index is 5.46. The summed E-state index contributed by atoms with van der Waals surface area (Å²) in [5.74, 6) is 0. The van der Waals surface area contributed by atoms with Gasteiger partial charge in [-0.3, -0.25) is 4.90 Å². The van der Waals surface area contributed by atoms with Crippen molar-refractivity contribution in [2.45, 2.75) is 13.0 Å². The maximum absolute atomic E-state index is 5.46. The van der Waals surface area contributed by atoms with E-state index in [2.05, 4.69) is 23.7 Å². The van der Waals surface area contributed by atoms with Crippen LogP contribution in [0.2, 0.25) is 0 Å². The molecule has 0 saturated carbocycles.